The molecule has 0 spiro atoms. The highest BCUT2D eigenvalue weighted by Crippen LogP contribution is 2.41. The molecule has 0 amide bonds. The molecule has 0 fully saturated rings. The molecule has 1 N–H and O–H groups in total. The summed E-state index contributed by atoms with van der Waals surface area (Å²) in [5.74, 6) is 0.786. The normalized spacial score (nSPS) is 16.1. The van der Waals surface area contributed by atoms with Gasteiger partial charge in [-0.3, -0.25) is 9.36 Å². The van der Waals surface area contributed by atoms with E-state index in [4.69, 9.17) is 9.73 Å². The van der Waals surface area contributed by atoms with Crippen LogP contribution < -0.4 is 19.6 Å². The summed E-state index contributed by atoms with van der Waals surface area (Å²) in [5, 5.41) is 19.3. The van der Waals surface area contributed by atoms with E-state index < -0.39 is 0 Å². The number of nitrogens with zero attached hydrogens (tertiary/aromatic N) is 4. The van der Waals surface area contributed by atoms with Crippen LogP contribution in [0.15, 0.2) is 123 Å². The molecule has 0 saturated heterocycles. The molecular formula is C34H26N4O3S. The Kier molecular flexibility index (Phi) is 6.60. The summed E-state index contributed by atoms with van der Waals surface area (Å²) in [5.41, 5.74) is 7.00. The lowest BCUT2D eigenvalue weighted by Gasteiger charge is -2.31. The lowest BCUT2D eigenvalue weighted by molar-refractivity contribution is 0.413. The van der Waals surface area contributed by atoms with Gasteiger partial charge in [-0.2, -0.15) is 10.2 Å². The van der Waals surface area contributed by atoms with Crippen LogP contribution in [-0.4, -0.2) is 16.8 Å². The van der Waals surface area contributed by atoms with Gasteiger partial charge in [0.25, 0.3) is 5.56 Å². The number of aryl methyl sites for hydroxylation is 1. The van der Waals surface area contributed by atoms with Gasteiger partial charge in [0, 0.05) is 11.1 Å². The van der Waals surface area contributed by atoms with Crippen molar-refractivity contribution >= 4 is 34.5 Å². The Labute approximate surface area is 245 Å². The number of benzene rings is 4. The number of rotatable bonds is 5. The fraction of sp³-hybridized carbons (Fsp3) is 0.118. The van der Waals surface area contributed by atoms with E-state index in [1.165, 1.54) is 16.9 Å². The standard InChI is InChI=1S/C34H26N4O3S/c1-41-26-12-7-9-22(19-26)32-28-16-14-21-8-5-6-13-27(21)31(28)35-34-38(32)33(40)30(42-34)20-23-18-25(15-17-29(23)39)37-36-24-10-3-2-4-11-24/h2-13,15,17-20,32,39H,14,16H2,1H3/b30-20+,37-36?/t32-/m1/s1. The molecule has 7 nitrogen and oxygen atoms in total. The van der Waals surface area contributed by atoms with Crippen molar-refractivity contribution in [3.8, 4) is 11.5 Å². The van der Waals surface area contributed by atoms with Crippen LogP contribution in [-0.2, 0) is 6.42 Å². The van der Waals surface area contributed by atoms with Crippen molar-refractivity contribution in [3.63, 3.8) is 0 Å². The van der Waals surface area contributed by atoms with Crippen molar-refractivity contribution in [2.75, 3.05) is 7.11 Å². The number of phenols is 1. The number of aromatic nitrogens is 1. The summed E-state index contributed by atoms with van der Waals surface area (Å²) in [7, 11) is 1.64. The minimum Gasteiger partial charge on any atom is -0.507 e. The summed E-state index contributed by atoms with van der Waals surface area (Å²) >= 11 is 1.32. The van der Waals surface area contributed by atoms with E-state index in [9.17, 15) is 9.90 Å². The highest BCUT2D eigenvalue weighted by Gasteiger charge is 2.32. The van der Waals surface area contributed by atoms with Crippen molar-refractivity contribution in [2.24, 2.45) is 15.2 Å². The molecule has 4 aromatic carbocycles. The smallest absolute Gasteiger partial charge is 0.271 e. The molecular weight excluding hydrogens is 544 g/mol. The van der Waals surface area contributed by atoms with E-state index in [-0.39, 0.29) is 17.4 Å². The van der Waals surface area contributed by atoms with Crippen LogP contribution >= 0.6 is 11.3 Å². The van der Waals surface area contributed by atoms with Gasteiger partial charge in [0.05, 0.1) is 34.8 Å². The number of allylic oxidation sites excluding steroid dienone is 1. The monoisotopic (exact) mass is 570 g/mol. The number of ether oxygens (including phenoxy) is 1. The van der Waals surface area contributed by atoms with Crippen molar-refractivity contribution in [1.29, 1.82) is 0 Å². The molecule has 1 aliphatic heterocycles. The van der Waals surface area contributed by atoms with Crippen molar-refractivity contribution in [1.82, 2.24) is 4.57 Å². The Morgan fingerprint density at radius 3 is 2.60 bits per heavy atom. The molecule has 7 rings (SSSR count). The van der Waals surface area contributed by atoms with Gasteiger partial charge in [-0.1, -0.05) is 65.9 Å². The van der Waals surface area contributed by atoms with E-state index in [0.29, 0.717) is 20.6 Å². The number of hydrogen-bond donors (Lipinski definition) is 1. The van der Waals surface area contributed by atoms with Gasteiger partial charge in [-0.05, 0) is 78.1 Å². The number of azo groups is 1. The third kappa shape index (κ3) is 4.65. The molecule has 1 atom stereocenters. The minimum atomic E-state index is -0.318. The quantitative estimate of drug-likeness (QED) is 0.246. The van der Waals surface area contributed by atoms with Gasteiger partial charge in [0.15, 0.2) is 4.80 Å². The Hall–Kier alpha value is -5.08. The van der Waals surface area contributed by atoms with Gasteiger partial charge in [-0.15, -0.1) is 0 Å². The predicted molar refractivity (Wildman–Crippen MR) is 164 cm³/mol. The van der Waals surface area contributed by atoms with Crippen LogP contribution in [0.25, 0.3) is 11.8 Å². The first kappa shape index (κ1) is 25.9. The molecule has 1 aliphatic carbocycles. The van der Waals surface area contributed by atoms with E-state index in [2.05, 4.69) is 28.4 Å². The average Bonchev–Trinajstić information content (AvgIpc) is 3.34. The number of fused-ring (bicyclic) bond motifs is 3. The predicted octanol–water partition coefficient (Wildman–Crippen LogP) is 6.45. The Morgan fingerprint density at radius 1 is 0.929 bits per heavy atom. The zero-order valence-corrected chi connectivity index (χ0v) is 23.6. The highest BCUT2D eigenvalue weighted by atomic mass is 32.1. The Morgan fingerprint density at radius 2 is 1.74 bits per heavy atom. The third-order valence-corrected chi connectivity index (χ3v) is 8.60. The molecule has 2 aliphatic rings. The number of phenolic OH excluding ortho intramolecular Hbond substituents is 1. The van der Waals surface area contributed by atoms with Crippen LogP contribution in [0.5, 0.6) is 11.5 Å². The number of thiazole rings is 1. The largest absolute Gasteiger partial charge is 0.507 e. The molecule has 5 aromatic rings. The van der Waals surface area contributed by atoms with Gasteiger partial charge in [0.2, 0.25) is 0 Å². The van der Waals surface area contributed by atoms with E-state index in [1.54, 1.807) is 36.0 Å². The molecule has 0 saturated carbocycles. The SMILES string of the molecule is COc1cccc([C@@H]2C3=C(N=c4s/c(=C/c5cc(N=Nc6ccccc6)ccc5O)c(=O)n42)c2ccccc2CC3)c1. The first-order valence-electron chi connectivity index (χ1n) is 13.7. The maximum Gasteiger partial charge on any atom is 0.271 e. The summed E-state index contributed by atoms with van der Waals surface area (Å²) in [4.78, 5) is 19.8. The number of aromatic hydroxyl groups is 1. The fourth-order valence-corrected chi connectivity index (χ4v) is 6.60. The van der Waals surface area contributed by atoms with E-state index >= 15 is 0 Å². The zero-order chi connectivity index (χ0) is 28.6. The second-order valence-electron chi connectivity index (χ2n) is 10.2. The van der Waals surface area contributed by atoms with Crippen molar-refractivity contribution < 1.29 is 9.84 Å². The molecule has 2 heterocycles. The van der Waals surface area contributed by atoms with Crippen LogP contribution in [0.1, 0.15) is 34.7 Å². The van der Waals surface area contributed by atoms with Crippen molar-refractivity contribution in [3.05, 3.63) is 145 Å². The van der Waals surface area contributed by atoms with Gasteiger partial charge < -0.3 is 9.84 Å². The van der Waals surface area contributed by atoms with Crippen LogP contribution in [0.4, 0.5) is 11.4 Å². The zero-order valence-electron chi connectivity index (χ0n) is 22.8. The van der Waals surface area contributed by atoms with E-state index in [1.807, 2.05) is 60.7 Å². The summed E-state index contributed by atoms with van der Waals surface area (Å²) < 4.78 is 7.80. The van der Waals surface area contributed by atoms with Crippen LogP contribution in [0.2, 0.25) is 0 Å². The summed E-state index contributed by atoms with van der Waals surface area (Å²) in [6.07, 6.45) is 3.39. The third-order valence-electron chi connectivity index (χ3n) is 7.62. The van der Waals surface area contributed by atoms with Crippen LogP contribution in [0, 0.1) is 0 Å². The first-order chi connectivity index (χ1) is 20.6. The second kappa shape index (κ2) is 10.7. The van der Waals surface area contributed by atoms with Crippen molar-refractivity contribution in [2.45, 2.75) is 18.9 Å². The molecule has 206 valence electrons. The van der Waals surface area contributed by atoms with E-state index in [0.717, 1.165) is 46.7 Å². The average molecular weight is 571 g/mol. The maximum absolute atomic E-state index is 14.1. The minimum absolute atomic E-state index is 0.0528. The molecule has 42 heavy (non-hydrogen) atoms. The number of methoxy groups -OCH3 is 1. The second-order valence-corrected chi connectivity index (χ2v) is 11.2. The maximum atomic E-state index is 14.1. The molecule has 0 radical (unpaired) electrons. The first-order valence-corrected chi connectivity index (χ1v) is 14.5. The number of hydrogen-bond acceptors (Lipinski definition) is 7. The lowest BCUT2D eigenvalue weighted by atomic mass is 9.83. The van der Waals surface area contributed by atoms with Gasteiger partial charge in [-0.25, -0.2) is 4.99 Å². The van der Waals surface area contributed by atoms with Crippen LogP contribution in [0.3, 0.4) is 0 Å². The molecule has 8 heteroatoms. The Balaban J connectivity index is 1.39. The Bertz CT molecular complexity index is 2080. The molecule has 0 bridgehead atoms. The summed E-state index contributed by atoms with van der Waals surface area (Å²) in [6.45, 7) is 0. The highest BCUT2D eigenvalue weighted by molar-refractivity contribution is 7.07. The van der Waals surface area contributed by atoms with Gasteiger partial charge in [0.1, 0.15) is 11.5 Å². The molecule has 0 unspecified atom stereocenters. The fourth-order valence-electron chi connectivity index (χ4n) is 5.61. The molecule has 1 aromatic heterocycles. The topological polar surface area (TPSA) is 88.5 Å². The summed E-state index contributed by atoms with van der Waals surface area (Å²) in [6, 6.07) is 30.3. The van der Waals surface area contributed by atoms with Gasteiger partial charge >= 0.3 is 0 Å². The lowest BCUT2D eigenvalue weighted by Crippen LogP contribution is -2.38.